The predicted molar refractivity (Wildman–Crippen MR) is 76.8 cm³/mol. The number of aliphatic hydroxyl groups excluding tert-OH is 1. The lowest BCUT2D eigenvalue weighted by molar-refractivity contribution is 0.167. The summed E-state index contributed by atoms with van der Waals surface area (Å²) in [5, 5.41) is 13.1. The molecule has 0 bridgehead atoms. The van der Waals surface area contributed by atoms with Crippen molar-refractivity contribution in [3.05, 3.63) is 30.2 Å². The lowest BCUT2D eigenvalue weighted by atomic mass is 10.2. The Morgan fingerprint density at radius 3 is 3.00 bits per heavy atom. The van der Waals surface area contributed by atoms with Crippen LogP contribution in [0.15, 0.2) is 28.8 Å². The molecule has 1 N–H and O–H groups in total. The second-order valence-corrected chi connectivity index (χ2v) is 5.17. The Bertz CT molecular complexity index is 595. The van der Waals surface area contributed by atoms with Crippen molar-refractivity contribution in [2.75, 3.05) is 20.3 Å². The Balaban J connectivity index is 1.73. The standard InChI is InChI=1S/C15H19N3O3/c1-20-13-4-2-3-11(9-13)15-16-14(21-17-15)10-18(7-8-19)12-5-6-12/h2-4,9,12,19H,5-8,10H2,1H3. The minimum atomic E-state index is 0.146. The summed E-state index contributed by atoms with van der Waals surface area (Å²) < 4.78 is 10.5. The fourth-order valence-electron chi connectivity index (χ4n) is 2.33. The minimum Gasteiger partial charge on any atom is -0.497 e. The average Bonchev–Trinajstić information content (AvgIpc) is 3.26. The number of benzene rings is 1. The van der Waals surface area contributed by atoms with E-state index in [1.165, 1.54) is 12.8 Å². The molecule has 1 fully saturated rings. The predicted octanol–water partition coefficient (Wildman–Crippen LogP) is 1.70. The van der Waals surface area contributed by atoms with E-state index >= 15 is 0 Å². The topological polar surface area (TPSA) is 71.6 Å². The molecule has 6 nitrogen and oxygen atoms in total. The summed E-state index contributed by atoms with van der Waals surface area (Å²) in [6.07, 6.45) is 2.35. The third-order valence-corrected chi connectivity index (χ3v) is 3.58. The number of ether oxygens (including phenoxy) is 1. The number of aromatic nitrogens is 2. The van der Waals surface area contributed by atoms with Crippen molar-refractivity contribution in [1.82, 2.24) is 15.0 Å². The molecule has 0 amide bonds. The molecule has 0 unspecified atom stereocenters. The van der Waals surface area contributed by atoms with E-state index in [1.54, 1.807) is 7.11 Å². The van der Waals surface area contributed by atoms with Crippen molar-refractivity contribution < 1.29 is 14.4 Å². The molecular formula is C15H19N3O3. The molecule has 112 valence electrons. The largest absolute Gasteiger partial charge is 0.497 e. The van der Waals surface area contributed by atoms with Crippen LogP contribution in [0.4, 0.5) is 0 Å². The van der Waals surface area contributed by atoms with Gasteiger partial charge in [0.2, 0.25) is 11.7 Å². The zero-order valence-corrected chi connectivity index (χ0v) is 12.0. The third kappa shape index (κ3) is 3.40. The summed E-state index contributed by atoms with van der Waals surface area (Å²) in [5.74, 6) is 1.90. The molecule has 6 heteroatoms. The maximum absolute atomic E-state index is 9.11. The van der Waals surface area contributed by atoms with Crippen LogP contribution in [0.25, 0.3) is 11.4 Å². The summed E-state index contributed by atoms with van der Waals surface area (Å²) in [6.45, 7) is 1.37. The first kappa shape index (κ1) is 14.0. The van der Waals surface area contributed by atoms with Crippen molar-refractivity contribution >= 4 is 0 Å². The molecule has 0 atom stereocenters. The molecule has 1 saturated carbocycles. The summed E-state index contributed by atoms with van der Waals surface area (Å²) in [7, 11) is 1.63. The molecule has 0 saturated heterocycles. The second kappa shape index (κ2) is 6.24. The van der Waals surface area contributed by atoms with Crippen molar-refractivity contribution in [3.8, 4) is 17.1 Å². The van der Waals surface area contributed by atoms with Gasteiger partial charge in [-0.15, -0.1) is 0 Å². The van der Waals surface area contributed by atoms with Gasteiger partial charge in [-0.05, 0) is 25.0 Å². The zero-order chi connectivity index (χ0) is 14.7. The molecule has 3 rings (SSSR count). The summed E-state index contributed by atoms with van der Waals surface area (Å²) in [4.78, 5) is 6.61. The summed E-state index contributed by atoms with van der Waals surface area (Å²) in [6, 6.07) is 8.11. The van der Waals surface area contributed by atoms with E-state index in [4.69, 9.17) is 14.4 Å². The number of methoxy groups -OCH3 is 1. The number of rotatable bonds is 7. The van der Waals surface area contributed by atoms with Crippen molar-refractivity contribution in [2.24, 2.45) is 0 Å². The summed E-state index contributed by atoms with van der Waals surface area (Å²) in [5.41, 5.74) is 0.865. The average molecular weight is 289 g/mol. The zero-order valence-electron chi connectivity index (χ0n) is 12.0. The van der Waals surface area contributed by atoms with Gasteiger partial charge < -0.3 is 14.4 Å². The highest BCUT2D eigenvalue weighted by Crippen LogP contribution is 2.28. The molecule has 1 aliphatic carbocycles. The fraction of sp³-hybridized carbons (Fsp3) is 0.467. The smallest absolute Gasteiger partial charge is 0.241 e. The van der Waals surface area contributed by atoms with E-state index in [-0.39, 0.29) is 6.61 Å². The van der Waals surface area contributed by atoms with E-state index in [0.717, 1.165) is 11.3 Å². The third-order valence-electron chi connectivity index (χ3n) is 3.58. The van der Waals surface area contributed by atoms with E-state index in [1.807, 2.05) is 24.3 Å². The molecule has 1 aromatic heterocycles. The lowest BCUT2D eigenvalue weighted by Crippen LogP contribution is -2.28. The Hall–Kier alpha value is -1.92. The molecule has 1 aliphatic rings. The van der Waals surface area contributed by atoms with E-state index in [0.29, 0.717) is 30.8 Å². The van der Waals surface area contributed by atoms with Gasteiger partial charge in [-0.3, -0.25) is 4.90 Å². The van der Waals surface area contributed by atoms with Crippen LogP contribution >= 0.6 is 0 Å². The SMILES string of the molecule is COc1cccc(-c2noc(CN(CCO)C3CC3)n2)c1. The van der Waals surface area contributed by atoms with Gasteiger partial charge in [-0.25, -0.2) is 0 Å². The number of aliphatic hydroxyl groups is 1. The maximum Gasteiger partial charge on any atom is 0.241 e. The van der Waals surface area contributed by atoms with Gasteiger partial charge in [0.25, 0.3) is 0 Å². The maximum atomic E-state index is 9.11. The van der Waals surface area contributed by atoms with Gasteiger partial charge in [0.1, 0.15) is 5.75 Å². The van der Waals surface area contributed by atoms with Gasteiger partial charge in [-0.1, -0.05) is 17.3 Å². The molecule has 1 aromatic carbocycles. The molecule has 21 heavy (non-hydrogen) atoms. The summed E-state index contributed by atoms with van der Waals surface area (Å²) >= 11 is 0. The minimum absolute atomic E-state index is 0.146. The number of hydrogen-bond acceptors (Lipinski definition) is 6. The van der Waals surface area contributed by atoms with Crippen molar-refractivity contribution in [2.45, 2.75) is 25.4 Å². The van der Waals surface area contributed by atoms with Gasteiger partial charge in [0.05, 0.1) is 20.3 Å². The highest BCUT2D eigenvalue weighted by Gasteiger charge is 2.29. The monoisotopic (exact) mass is 289 g/mol. The van der Waals surface area contributed by atoms with Crippen LogP contribution in [0, 0.1) is 0 Å². The van der Waals surface area contributed by atoms with Crippen LogP contribution in [0.5, 0.6) is 5.75 Å². The van der Waals surface area contributed by atoms with E-state index in [2.05, 4.69) is 15.0 Å². The fourth-order valence-corrected chi connectivity index (χ4v) is 2.33. The highest BCUT2D eigenvalue weighted by molar-refractivity contribution is 5.56. The molecule has 0 radical (unpaired) electrons. The highest BCUT2D eigenvalue weighted by atomic mass is 16.5. The van der Waals surface area contributed by atoms with Crippen LogP contribution in [-0.4, -0.2) is 46.5 Å². The van der Waals surface area contributed by atoms with Gasteiger partial charge in [0.15, 0.2) is 0 Å². The quantitative estimate of drug-likeness (QED) is 0.836. The lowest BCUT2D eigenvalue weighted by Gasteiger charge is -2.17. The molecular weight excluding hydrogens is 270 g/mol. The Morgan fingerprint density at radius 2 is 2.29 bits per heavy atom. The first-order chi connectivity index (χ1) is 10.3. The van der Waals surface area contributed by atoms with Gasteiger partial charge in [0, 0.05) is 18.2 Å². The van der Waals surface area contributed by atoms with Crippen LogP contribution in [-0.2, 0) is 6.54 Å². The van der Waals surface area contributed by atoms with E-state index < -0.39 is 0 Å². The molecule has 1 heterocycles. The first-order valence-corrected chi connectivity index (χ1v) is 7.12. The molecule has 2 aromatic rings. The normalized spacial score (nSPS) is 14.6. The Kier molecular flexibility index (Phi) is 4.17. The second-order valence-electron chi connectivity index (χ2n) is 5.17. The van der Waals surface area contributed by atoms with Crippen molar-refractivity contribution in [3.63, 3.8) is 0 Å². The first-order valence-electron chi connectivity index (χ1n) is 7.12. The molecule has 0 spiro atoms. The molecule has 0 aliphatic heterocycles. The van der Waals surface area contributed by atoms with Crippen LogP contribution in [0.2, 0.25) is 0 Å². The number of hydrogen-bond donors (Lipinski definition) is 1. The Morgan fingerprint density at radius 1 is 1.43 bits per heavy atom. The van der Waals surface area contributed by atoms with E-state index in [9.17, 15) is 0 Å². The Labute approximate surface area is 123 Å². The van der Waals surface area contributed by atoms with Crippen LogP contribution in [0.1, 0.15) is 18.7 Å². The van der Waals surface area contributed by atoms with Crippen LogP contribution in [0.3, 0.4) is 0 Å². The van der Waals surface area contributed by atoms with Crippen molar-refractivity contribution in [1.29, 1.82) is 0 Å². The van der Waals surface area contributed by atoms with Gasteiger partial charge >= 0.3 is 0 Å². The number of nitrogens with zero attached hydrogens (tertiary/aromatic N) is 3. The van der Waals surface area contributed by atoms with Crippen LogP contribution < -0.4 is 4.74 Å². The van der Waals surface area contributed by atoms with Gasteiger partial charge in [-0.2, -0.15) is 4.98 Å².